The Morgan fingerprint density at radius 2 is 1.77 bits per heavy atom. The number of ketones is 1. The summed E-state index contributed by atoms with van der Waals surface area (Å²) in [5.41, 5.74) is 2.55. The highest BCUT2D eigenvalue weighted by molar-refractivity contribution is 5.91. The summed E-state index contributed by atoms with van der Waals surface area (Å²) in [4.78, 5) is 12.0. The average molecular weight is 397 g/mol. The minimum atomic E-state index is -0.189. The number of rotatable bonds is 0. The lowest BCUT2D eigenvalue weighted by Crippen LogP contribution is -2.49. The van der Waals surface area contributed by atoms with Gasteiger partial charge in [-0.1, -0.05) is 48.5 Å². The minimum Gasteiger partial charge on any atom is -0.295 e. The summed E-state index contributed by atoms with van der Waals surface area (Å²) in [6.07, 6.45) is 11.1. The molecule has 1 aromatic rings. The summed E-state index contributed by atoms with van der Waals surface area (Å²) in [6.45, 7) is 4.48. The molecular weight excluding hydrogens is 364 g/mol. The van der Waals surface area contributed by atoms with Crippen molar-refractivity contribution in [2.24, 2.45) is 34.5 Å². The lowest BCUT2D eigenvalue weighted by molar-refractivity contribution is -0.116. The van der Waals surface area contributed by atoms with Crippen molar-refractivity contribution in [2.75, 3.05) is 0 Å². The molecule has 0 amide bonds. The van der Waals surface area contributed by atoms with Gasteiger partial charge in [0.05, 0.1) is 5.41 Å². The largest absolute Gasteiger partial charge is 0.295 e. The van der Waals surface area contributed by atoms with E-state index in [4.69, 9.17) is 0 Å². The molecule has 5 rings (SSSR count). The fourth-order valence-corrected chi connectivity index (χ4v) is 7.58. The first-order valence-corrected chi connectivity index (χ1v) is 11.8. The van der Waals surface area contributed by atoms with Gasteiger partial charge in [0.1, 0.15) is 0 Å². The maximum atomic E-state index is 12.0. The van der Waals surface area contributed by atoms with E-state index in [1.54, 1.807) is 0 Å². The first-order chi connectivity index (χ1) is 14.6. The van der Waals surface area contributed by atoms with Crippen LogP contribution in [0.1, 0.15) is 70.8 Å². The van der Waals surface area contributed by atoms with Gasteiger partial charge >= 0.3 is 0 Å². The molecule has 0 aliphatic heterocycles. The Morgan fingerprint density at radius 1 is 0.933 bits per heavy atom. The summed E-state index contributed by atoms with van der Waals surface area (Å²) in [5.74, 6) is 17.4. The van der Waals surface area contributed by atoms with Crippen molar-refractivity contribution in [1.82, 2.24) is 0 Å². The third-order valence-corrected chi connectivity index (χ3v) is 9.03. The molecule has 4 aliphatic carbocycles. The van der Waals surface area contributed by atoms with Crippen molar-refractivity contribution >= 4 is 5.78 Å². The van der Waals surface area contributed by atoms with E-state index < -0.39 is 0 Å². The van der Waals surface area contributed by atoms with Crippen LogP contribution in [0.2, 0.25) is 0 Å². The van der Waals surface area contributed by atoms with Crippen LogP contribution >= 0.6 is 0 Å². The summed E-state index contributed by atoms with van der Waals surface area (Å²) < 4.78 is 0. The van der Waals surface area contributed by atoms with E-state index in [1.807, 2.05) is 19.1 Å². The van der Waals surface area contributed by atoms with Crippen molar-refractivity contribution in [2.45, 2.75) is 65.2 Å². The van der Waals surface area contributed by atoms with E-state index in [0.29, 0.717) is 17.6 Å². The average Bonchev–Trinajstić information content (AvgIpc) is 3.05. The van der Waals surface area contributed by atoms with Gasteiger partial charge in [-0.3, -0.25) is 4.79 Å². The van der Waals surface area contributed by atoms with E-state index in [-0.39, 0.29) is 10.8 Å². The third kappa shape index (κ3) is 2.98. The molecule has 0 N–H and O–H groups in total. The third-order valence-electron chi connectivity index (χ3n) is 9.03. The molecule has 3 saturated carbocycles. The fourth-order valence-electron chi connectivity index (χ4n) is 7.58. The first kappa shape index (κ1) is 19.7. The number of carbonyl (C=O) groups excluding carboxylic acids is 1. The summed E-state index contributed by atoms with van der Waals surface area (Å²) in [5, 5.41) is 0. The molecule has 1 aromatic carbocycles. The monoisotopic (exact) mass is 396 g/mol. The number of allylic oxidation sites excluding steroid dienone is 1. The second-order valence-corrected chi connectivity index (χ2v) is 10.2. The van der Waals surface area contributed by atoms with Crippen LogP contribution in [0.15, 0.2) is 42.0 Å². The van der Waals surface area contributed by atoms with Crippen molar-refractivity contribution in [3.63, 3.8) is 0 Å². The Bertz CT molecular complexity index is 994. The molecule has 1 heteroatoms. The number of carbonyl (C=O) groups is 1. The van der Waals surface area contributed by atoms with E-state index >= 15 is 0 Å². The standard InChI is InChI=1S/C29H32O/c1-3-16-29(18-13-21-7-5-4-6-8-21)19-15-27-26-11-9-22-20-23(30)10-12-24(22)25(26)14-17-28(27,29)2/h4-8,20,24-27H,9-12,14-15,17,19H2,1-2H3/t24-,25+,26+,27-,28-,29-/m0/s1. The topological polar surface area (TPSA) is 17.1 Å². The van der Waals surface area contributed by atoms with E-state index in [0.717, 1.165) is 43.1 Å². The van der Waals surface area contributed by atoms with Crippen molar-refractivity contribution in [3.8, 4) is 23.7 Å². The Morgan fingerprint density at radius 3 is 2.57 bits per heavy atom. The minimum absolute atomic E-state index is 0.171. The van der Waals surface area contributed by atoms with Crippen LogP contribution in [0.4, 0.5) is 0 Å². The smallest absolute Gasteiger partial charge is 0.155 e. The van der Waals surface area contributed by atoms with Gasteiger partial charge in [0.2, 0.25) is 0 Å². The Hall–Kier alpha value is -2.25. The molecule has 0 heterocycles. The Labute approximate surface area is 181 Å². The Kier molecular flexibility index (Phi) is 4.90. The Balaban J connectivity index is 1.48. The fraction of sp³-hybridized carbons (Fsp3) is 0.552. The van der Waals surface area contributed by atoms with Crippen LogP contribution in [0, 0.1) is 58.2 Å². The number of fused-ring (bicyclic) bond motifs is 5. The van der Waals surface area contributed by atoms with Gasteiger partial charge in [-0.25, -0.2) is 0 Å². The van der Waals surface area contributed by atoms with Crippen LogP contribution in [0.3, 0.4) is 0 Å². The molecule has 0 unspecified atom stereocenters. The maximum absolute atomic E-state index is 12.0. The molecule has 0 aromatic heterocycles. The first-order valence-electron chi connectivity index (χ1n) is 11.8. The summed E-state index contributed by atoms with van der Waals surface area (Å²) in [7, 11) is 0. The lowest BCUT2D eigenvalue weighted by atomic mass is 9.49. The van der Waals surface area contributed by atoms with Crippen LogP contribution in [0.5, 0.6) is 0 Å². The van der Waals surface area contributed by atoms with Gasteiger partial charge < -0.3 is 0 Å². The summed E-state index contributed by atoms with van der Waals surface area (Å²) in [6, 6.07) is 10.4. The van der Waals surface area contributed by atoms with Crippen molar-refractivity contribution < 1.29 is 4.79 Å². The predicted molar refractivity (Wildman–Crippen MR) is 121 cm³/mol. The van der Waals surface area contributed by atoms with Crippen LogP contribution in [-0.2, 0) is 4.79 Å². The van der Waals surface area contributed by atoms with Crippen molar-refractivity contribution in [1.29, 1.82) is 0 Å². The highest BCUT2D eigenvalue weighted by atomic mass is 16.1. The summed E-state index contributed by atoms with van der Waals surface area (Å²) >= 11 is 0. The van der Waals surface area contributed by atoms with E-state index in [9.17, 15) is 4.79 Å². The van der Waals surface area contributed by atoms with Crippen molar-refractivity contribution in [3.05, 3.63) is 47.5 Å². The number of benzene rings is 1. The number of hydrogen-bond donors (Lipinski definition) is 0. The van der Waals surface area contributed by atoms with Crippen LogP contribution < -0.4 is 0 Å². The zero-order chi connectivity index (χ0) is 20.8. The predicted octanol–water partition coefficient (Wildman–Crippen LogP) is 6.19. The molecular formula is C29H32O. The van der Waals surface area contributed by atoms with Gasteiger partial charge in [0, 0.05) is 12.0 Å². The number of hydrogen-bond acceptors (Lipinski definition) is 1. The molecule has 154 valence electrons. The van der Waals surface area contributed by atoms with Gasteiger partial charge in [0.15, 0.2) is 5.78 Å². The molecule has 1 nitrogen and oxygen atoms in total. The molecule has 6 atom stereocenters. The van der Waals surface area contributed by atoms with E-state index in [2.05, 4.69) is 54.9 Å². The van der Waals surface area contributed by atoms with Gasteiger partial charge in [-0.2, -0.15) is 0 Å². The highest BCUT2D eigenvalue weighted by Gasteiger charge is 2.62. The molecule has 3 fully saturated rings. The molecule has 4 aliphatic rings. The van der Waals surface area contributed by atoms with Crippen LogP contribution in [-0.4, -0.2) is 5.78 Å². The normalized spacial score (nSPS) is 39.3. The SMILES string of the molecule is CC#C[C@]1(C#Cc2ccccc2)CC[C@H]2[C@@H]3CCC4=CC(=O)CC[C@@H]4[C@H]3CC[C@@]21C. The van der Waals surface area contributed by atoms with Gasteiger partial charge in [-0.05, 0) is 99.2 Å². The van der Waals surface area contributed by atoms with E-state index in [1.165, 1.54) is 31.3 Å². The highest BCUT2D eigenvalue weighted by Crippen LogP contribution is 2.67. The molecule has 30 heavy (non-hydrogen) atoms. The zero-order valence-corrected chi connectivity index (χ0v) is 18.3. The lowest BCUT2D eigenvalue weighted by Gasteiger charge is -2.55. The quantitative estimate of drug-likeness (QED) is 0.478. The molecule has 0 spiro atoms. The second kappa shape index (κ2) is 7.46. The zero-order valence-electron chi connectivity index (χ0n) is 18.3. The molecule has 0 radical (unpaired) electrons. The second-order valence-electron chi connectivity index (χ2n) is 10.2. The van der Waals surface area contributed by atoms with Gasteiger partial charge in [0.25, 0.3) is 0 Å². The van der Waals surface area contributed by atoms with Crippen LogP contribution in [0.25, 0.3) is 0 Å². The van der Waals surface area contributed by atoms with Gasteiger partial charge in [-0.15, -0.1) is 5.92 Å². The molecule has 0 bridgehead atoms. The molecule has 0 saturated heterocycles. The maximum Gasteiger partial charge on any atom is 0.155 e.